The molecule has 6 heteroatoms. The van der Waals surface area contributed by atoms with Crippen LogP contribution in [0.1, 0.15) is 39.5 Å². The third-order valence-corrected chi connectivity index (χ3v) is 5.96. The monoisotopic (exact) mass is 314 g/mol. The van der Waals surface area contributed by atoms with Gasteiger partial charge in [-0.1, -0.05) is 13.8 Å². The molecule has 2 rings (SSSR count). The molecular formula is C15H26N2O3S. The Morgan fingerprint density at radius 2 is 2.19 bits per heavy atom. The summed E-state index contributed by atoms with van der Waals surface area (Å²) >= 11 is 1.60. The number of carboxylic acids is 1. The molecule has 1 amide bonds. The first-order valence-corrected chi connectivity index (χ1v) is 8.92. The van der Waals surface area contributed by atoms with Crippen LogP contribution in [0.5, 0.6) is 0 Å². The van der Waals surface area contributed by atoms with Crippen LogP contribution >= 0.6 is 11.8 Å². The summed E-state index contributed by atoms with van der Waals surface area (Å²) in [5.74, 6) is 0.475. The Morgan fingerprint density at radius 1 is 1.43 bits per heavy atom. The number of hydrogen-bond acceptors (Lipinski definition) is 4. The van der Waals surface area contributed by atoms with Crippen molar-refractivity contribution in [1.82, 2.24) is 10.2 Å². The normalized spacial score (nSPS) is 29.9. The highest BCUT2D eigenvalue weighted by molar-refractivity contribution is 8.00. The first kappa shape index (κ1) is 16.6. The number of carbonyl (C=O) groups is 2. The minimum absolute atomic E-state index is 0.00285. The zero-order valence-electron chi connectivity index (χ0n) is 12.9. The fourth-order valence-corrected chi connectivity index (χ4v) is 4.67. The molecule has 2 saturated heterocycles. The Labute approximate surface area is 130 Å². The van der Waals surface area contributed by atoms with Gasteiger partial charge in [-0.2, -0.15) is 0 Å². The van der Waals surface area contributed by atoms with Gasteiger partial charge in [-0.25, -0.2) is 4.79 Å². The second kappa shape index (κ2) is 7.49. The maximum Gasteiger partial charge on any atom is 0.327 e. The molecule has 0 aromatic carbocycles. The highest BCUT2D eigenvalue weighted by Gasteiger charge is 2.42. The fraction of sp³-hybridized carbons (Fsp3) is 0.867. The zero-order valence-corrected chi connectivity index (χ0v) is 13.7. The van der Waals surface area contributed by atoms with Crippen LogP contribution in [0.3, 0.4) is 0 Å². The van der Waals surface area contributed by atoms with E-state index in [0.29, 0.717) is 18.1 Å². The van der Waals surface area contributed by atoms with Crippen LogP contribution in [-0.4, -0.2) is 52.1 Å². The molecule has 120 valence electrons. The van der Waals surface area contributed by atoms with Gasteiger partial charge in [0.15, 0.2) is 0 Å². The third-order valence-electron chi connectivity index (χ3n) is 4.34. The standard InChI is InChI=1S/C15H26N2O3S/c1-10(2)14-17(12(9-21-14)15(19)20)13(18)6-5-11-4-3-7-16-8-11/h10-12,14,16H,3-9H2,1-2H3,(H,19,20). The van der Waals surface area contributed by atoms with Gasteiger partial charge < -0.3 is 15.3 Å². The number of nitrogens with one attached hydrogen (secondary N) is 1. The molecule has 5 nitrogen and oxygen atoms in total. The largest absolute Gasteiger partial charge is 0.480 e. The van der Waals surface area contributed by atoms with E-state index in [2.05, 4.69) is 5.32 Å². The average Bonchev–Trinajstić information content (AvgIpc) is 2.91. The maximum atomic E-state index is 12.5. The van der Waals surface area contributed by atoms with Crippen molar-refractivity contribution in [2.24, 2.45) is 11.8 Å². The lowest BCUT2D eigenvalue weighted by molar-refractivity contribution is -0.149. The molecule has 2 N–H and O–H groups in total. The molecule has 0 aliphatic carbocycles. The summed E-state index contributed by atoms with van der Waals surface area (Å²) in [5, 5.41) is 12.7. The Bertz CT molecular complexity index is 383. The molecule has 2 heterocycles. The molecule has 0 radical (unpaired) electrons. The number of carbonyl (C=O) groups excluding carboxylic acids is 1. The van der Waals surface area contributed by atoms with Crippen molar-refractivity contribution in [1.29, 1.82) is 0 Å². The number of nitrogens with zero attached hydrogens (tertiary/aromatic N) is 1. The summed E-state index contributed by atoms with van der Waals surface area (Å²) in [6, 6.07) is -0.653. The zero-order chi connectivity index (χ0) is 15.4. The van der Waals surface area contributed by atoms with Crippen LogP contribution in [0.15, 0.2) is 0 Å². The molecule has 0 aromatic heterocycles. The quantitative estimate of drug-likeness (QED) is 0.809. The minimum Gasteiger partial charge on any atom is -0.480 e. The van der Waals surface area contributed by atoms with Crippen LogP contribution in [0, 0.1) is 11.8 Å². The van der Waals surface area contributed by atoms with Gasteiger partial charge in [0.1, 0.15) is 6.04 Å². The summed E-state index contributed by atoms with van der Waals surface area (Å²) in [6.45, 7) is 6.15. The topological polar surface area (TPSA) is 69.6 Å². The van der Waals surface area contributed by atoms with Crippen LogP contribution in [0.4, 0.5) is 0 Å². The van der Waals surface area contributed by atoms with Crippen LogP contribution in [0.2, 0.25) is 0 Å². The second-order valence-corrected chi connectivity index (χ2v) is 7.52. The summed E-state index contributed by atoms with van der Waals surface area (Å²) in [4.78, 5) is 25.6. The van der Waals surface area contributed by atoms with Gasteiger partial charge in [-0.3, -0.25) is 4.79 Å². The summed E-state index contributed by atoms with van der Waals surface area (Å²) in [7, 11) is 0. The van der Waals surface area contributed by atoms with Crippen molar-refractivity contribution in [2.75, 3.05) is 18.8 Å². The summed E-state index contributed by atoms with van der Waals surface area (Å²) < 4.78 is 0. The fourth-order valence-electron chi connectivity index (χ4n) is 3.17. The van der Waals surface area contributed by atoms with Gasteiger partial charge >= 0.3 is 5.97 Å². The number of piperidine rings is 1. The van der Waals surface area contributed by atoms with Gasteiger partial charge in [-0.05, 0) is 44.2 Å². The lowest BCUT2D eigenvalue weighted by Crippen LogP contribution is -2.47. The average molecular weight is 314 g/mol. The Balaban J connectivity index is 1.94. The number of carboxylic acid groups (broad SMARTS) is 1. The number of amides is 1. The van der Waals surface area contributed by atoms with Crippen molar-refractivity contribution >= 4 is 23.6 Å². The van der Waals surface area contributed by atoms with Crippen molar-refractivity contribution in [3.63, 3.8) is 0 Å². The first-order chi connectivity index (χ1) is 10.0. The molecule has 0 bridgehead atoms. The van der Waals surface area contributed by atoms with E-state index in [1.807, 2.05) is 13.8 Å². The molecule has 21 heavy (non-hydrogen) atoms. The van der Waals surface area contributed by atoms with E-state index in [4.69, 9.17) is 0 Å². The van der Waals surface area contributed by atoms with Crippen LogP contribution in [0.25, 0.3) is 0 Å². The van der Waals surface area contributed by atoms with Gasteiger partial charge in [0.05, 0.1) is 5.37 Å². The molecule has 3 unspecified atom stereocenters. The smallest absolute Gasteiger partial charge is 0.327 e. The van der Waals surface area contributed by atoms with Gasteiger partial charge in [0.2, 0.25) is 5.91 Å². The number of aliphatic carboxylic acids is 1. The Morgan fingerprint density at radius 3 is 2.76 bits per heavy atom. The van der Waals surface area contributed by atoms with Gasteiger partial charge in [-0.15, -0.1) is 11.8 Å². The lowest BCUT2D eigenvalue weighted by Gasteiger charge is -2.30. The SMILES string of the molecule is CC(C)C1SCC(C(=O)O)N1C(=O)CCC1CCCNC1. The molecular weight excluding hydrogens is 288 g/mol. The molecule has 2 fully saturated rings. The van der Waals surface area contributed by atoms with Crippen molar-refractivity contribution in [2.45, 2.75) is 50.9 Å². The molecule has 0 saturated carbocycles. The Hall–Kier alpha value is -0.750. The summed E-state index contributed by atoms with van der Waals surface area (Å²) in [6.07, 6.45) is 3.68. The Kier molecular flexibility index (Phi) is 5.93. The van der Waals surface area contributed by atoms with E-state index in [-0.39, 0.29) is 17.2 Å². The van der Waals surface area contributed by atoms with E-state index in [1.165, 1.54) is 12.8 Å². The van der Waals surface area contributed by atoms with Crippen LogP contribution in [-0.2, 0) is 9.59 Å². The van der Waals surface area contributed by atoms with E-state index < -0.39 is 12.0 Å². The predicted molar refractivity (Wildman–Crippen MR) is 84.2 cm³/mol. The van der Waals surface area contributed by atoms with E-state index in [9.17, 15) is 14.7 Å². The maximum absolute atomic E-state index is 12.5. The van der Waals surface area contributed by atoms with Crippen molar-refractivity contribution < 1.29 is 14.7 Å². The summed E-state index contributed by atoms with van der Waals surface area (Å²) in [5.41, 5.74) is 0. The molecule has 0 spiro atoms. The third kappa shape index (κ3) is 4.13. The molecule has 0 aromatic rings. The highest BCUT2D eigenvalue weighted by Crippen LogP contribution is 2.35. The van der Waals surface area contributed by atoms with Gasteiger partial charge in [0.25, 0.3) is 0 Å². The number of hydrogen-bond donors (Lipinski definition) is 2. The van der Waals surface area contributed by atoms with E-state index in [1.54, 1.807) is 16.7 Å². The van der Waals surface area contributed by atoms with E-state index in [0.717, 1.165) is 19.5 Å². The lowest BCUT2D eigenvalue weighted by atomic mass is 9.94. The minimum atomic E-state index is -0.877. The number of rotatable bonds is 5. The molecule has 3 atom stereocenters. The second-order valence-electron chi connectivity index (χ2n) is 6.37. The first-order valence-electron chi connectivity index (χ1n) is 7.87. The van der Waals surface area contributed by atoms with Crippen molar-refractivity contribution in [3.8, 4) is 0 Å². The number of thioether (sulfide) groups is 1. The predicted octanol–water partition coefficient (Wildman–Crippen LogP) is 1.78. The highest BCUT2D eigenvalue weighted by atomic mass is 32.2. The molecule has 2 aliphatic rings. The van der Waals surface area contributed by atoms with Crippen molar-refractivity contribution in [3.05, 3.63) is 0 Å². The van der Waals surface area contributed by atoms with E-state index >= 15 is 0 Å². The van der Waals surface area contributed by atoms with Gasteiger partial charge in [0, 0.05) is 12.2 Å². The molecule has 2 aliphatic heterocycles. The van der Waals surface area contributed by atoms with Crippen LogP contribution < -0.4 is 5.32 Å².